The minimum atomic E-state index is -0.186. The van der Waals surface area contributed by atoms with Gasteiger partial charge in [0.2, 0.25) is 0 Å². The standard InChI is InChI=1S/C6H9ClO2/c7-3-5-1-2-6(4-8)9-5/h4-6H,1-3H2/t5-,6?/m1/s1. The highest BCUT2D eigenvalue weighted by atomic mass is 35.5. The first-order chi connectivity index (χ1) is 4.36. The molecule has 0 aromatic carbocycles. The van der Waals surface area contributed by atoms with Gasteiger partial charge in [0.05, 0.1) is 6.10 Å². The molecule has 1 rings (SSSR count). The Morgan fingerprint density at radius 3 is 2.78 bits per heavy atom. The van der Waals surface area contributed by atoms with Gasteiger partial charge in [-0.3, -0.25) is 0 Å². The predicted octanol–water partition coefficient (Wildman–Crippen LogP) is 0.972. The molecule has 0 N–H and O–H groups in total. The van der Waals surface area contributed by atoms with Crippen LogP contribution in [0, 0.1) is 0 Å². The number of ether oxygens (including phenoxy) is 1. The van der Waals surface area contributed by atoms with Gasteiger partial charge in [0.25, 0.3) is 0 Å². The Labute approximate surface area is 59.1 Å². The Hall–Kier alpha value is -0.0800. The maximum atomic E-state index is 10.1. The van der Waals surface area contributed by atoms with E-state index in [2.05, 4.69) is 0 Å². The van der Waals surface area contributed by atoms with E-state index < -0.39 is 0 Å². The van der Waals surface area contributed by atoms with Crippen LogP contribution in [0.25, 0.3) is 0 Å². The lowest BCUT2D eigenvalue weighted by molar-refractivity contribution is -0.116. The highest BCUT2D eigenvalue weighted by molar-refractivity contribution is 6.18. The van der Waals surface area contributed by atoms with Crippen molar-refractivity contribution >= 4 is 17.9 Å². The van der Waals surface area contributed by atoms with Gasteiger partial charge in [-0.2, -0.15) is 0 Å². The number of hydrogen-bond acceptors (Lipinski definition) is 2. The summed E-state index contributed by atoms with van der Waals surface area (Å²) in [6.07, 6.45) is 2.52. The zero-order chi connectivity index (χ0) is 6.69. The van der Waals surface area contributed by atoms with E-state index in [4.69, 9.17) is 16.3 Å². The summed E-state index contributed by atoms with van der Waals surface area (Å²) in [5.74, 6) is 0.504. The summed E-state index contributed by atoms with van der Waals surface area (Å²) in [5, 5.41) is 0. The van der Waals surface area contributed by atoms with Crippen LogP contribution >= 0.6 is 11.6 Å². The summed E-state index contributed by atoms with van der Waals surface area (Å²) in [4.78, 5) is 10.1. The maximum absolute atomic E-state index is 10.1. The molecule has 0 saturated carbocycles. The van der Waals surface area contributed by atoms with Crippen LogP contribution in [0.15, 0.2) is 0 Å². The van der Waals surface area contributed by atoms with Crippen molar-refractivity contribution in [2.24, 2.45) is 0 Å². The summed E-state index contributed by atoms with van der Waals surface area (Å²) in [6, 6.07) is 0. The largest absolute Gasteiger partial charge is 0.366 e. The molecule has 1 aliphatic rings. The van der Waals surface area contributed by atoms with E-state index in [1.54, 1.807) is 0 Å². The van der Waals surface area contributed by atoms with Gasteiger partial charge < -0.3 is 9.53 Å². The second-order valence-electron chi connectivity index (χ2n) is 2.16. The number of alkyl halides is 1. The summed E-state index contributed by atoms with van der Waals surface area (Å²) in [6.45, 7) is 0. The van der Waals surface area contributed by atoms with E-state index in [0.717, 1.165) is 19.1 Å². The fourth-order valence-corrected chi connectivity index (χ4v) is 1.17. The zero-order valence-electron chi connectivity index (χ0n) is 5.05. The number of aldehydes is 1. The van der Waals surface area contributed by atoms with Crippen LogP contribution in [-0.2, 0) is 9.53 Å². The molecular formula is C6H9ClO2. The summed E-state index contributed by atoms with van der Waals surface area (Å²) in [5.41, 5.74) is 0. The van der Waals surface area contributed by atoms with Crippen molar-refractivity contribution in [2.75, 3.05) is 5.88 Å². The van der Waals surface area contributed by atoms with Gasteiger partial charge in [0.15, 0.2) is 0 Å². The predicted molar refractivity (Wildman–Crippen MR) is 34.7 cm³/mol. The average molecular weight is 149 g/mol. The van der Waals surface area contributed by atoms with Crippen LogP contribution in [0.4, 0.5) is 0 Å². The molecule has 1 aliphatic heterocycles. The highest BCUT2D eigenvalue weighted by Gasteiger charge is 2.23. The molecule has 52 valence electrons. The van der Waals surface area contributed by atoms with Crippen LogP contribution in [0.5, 0.6) is 0 Å². The van der Waals surface area contributed by atoms with Gasteiger partial charge in [0, 0.05) is 5.88 Å². The lowest BCUT2D eigenvalue weighted by Gasteiger charge is -2.03. The smallest absolute Gasteiger partial charge is 0.148 e. The van der Waals surface area contributed by atoms with Crippen molar-refractivity contribution in [3.63, 3.8) is 0 Å². The Bertz CT molecular complexity index is 105. The number of rotatable bonds is 2. The molecule has 2 atom stereocenters. The molecule has 1 saturated heterocycles. The first kappa shape index (κ1) is 7.03. The summed E-state index contributed by atoms with van der Waals surface area (Å²) < 4.78 is 5.16. The zero-order valence-corrected chi connectivity index (χ0v) is 5.80. The molecule has 1 fully saturated rings. The Kier molecular flexibility index (Phi) is 2.49. The van der Waals surface area contributed by atoms with Crippen molar-refractivity contribution in [2.45, 2.75) is 25.0 Å². The molecule has 0 aromatic heterocycles. The quantitative estimate of drug-likeness (QED) is 0.431. The van der Waals surface area contributed by atoms with Crippen LogP contribution in [-0.4, -0.2) is 24.4 Å². The van der Waals surface area contributed by atoms with Crippen molar-refractivity contribution in [3.8, 4) is 0 Å². The molecule has 0 amide bonds. The highest BCUT2D eigenvalue weighted by Crippen LogP contribution is 2.18. The molecule has 1 unspecified atom stereocenters. The molecule has 0 aliphatic carbocycles. The molecule has 0 aromatic rings. The van der Waals surface area contributed by atoms with Gasteiger partial charge in [-0.1, -0.05) is 0 Å². The van der Waals surface area contributed by atoms with E-state index in [1.807, 2.05) is 0 Å². The first-order valence-corrected chi connectivity index (χ1v) is 3.57. The fourth-order valence-electron chi connectivity index (χ4n) is 0.947. The normalized spacial score (nSPS) is 34.8. The van der Waals surface area contributed by atoms with Crippen LogP contribution in [0.2, 0.25) is 0 Å². The minimum absolute atomic E-state index is 0.113. The number of hydrogen-bond donors (Lipinski definition) is 0. The van der Waals surface area contributed by atoms with Gasteiger partial charge in [0.1, 0.15) is 12.4 Å². The van der Waals surface area contributed by atoms with Gasteiger partial charge >= 0.3 is 0 Å². The maximum Gasteiger partial charge on any atom is 0.148 e. The van der Waals surface area contributed by atoms with Crippen molar-refractivity contribution in [1.82, 2.24) is 0 Å². The van der Waals surface area contributed by atoms with E-state index in [0.29, 0.717) is 5.88 Å². The van der Waals surface area contributed by atoms with Crippen LogP contribution in [0.1, 0.15) is 12.8 Å². The third kappa shape index (κ3) is 1.66. The molecular weight excluding hydrogens is 140 g/mol. The Balaban J connectivity index is 2.28. The summed E-state index contributed by atoms with van der Waals surface area (Å²) >= 11 is 5.49. The van der Waals surface area contributed by atoms with E-state index in [9.17, 15) is 4.79 Å². The topological polar surface area (TPSA) is 26.3 Å². The number of carbonyl (C=O) groups excluding carboxylic acids is 1. The molecule has 0 bridgehead atoms. The lowest BCUT2D eigenvalue weighted by Crippen LogP contribution is -2.12. The Morgan fingerprint density at radius 2 is 2.44 bits per heavy atom. The molecule has 9 heavy (non-hydrogen) atoms. The molecule has 0 radical (unpaired) electrons. The van der Waals surface area contributed by atoms with Crippen LogP contribution in [0.3, 0.4) is 0 Å². The average Bonchev–Trinajstić information content (AvgIpc) is 2.34. The first-order valence-electron chi connectivity index (χ1n) is 3.03. The molecule has 2 nitrogen and oxygen atoms in total. The SMILES string of the molecule is O=CC1CC[C@H](CCl)O1. The molecule has 1 heterocycles. The van der Waals surface area contributed by atoms with Crippen molar-refractivity contribution in [1.29, 1.82) is 0 Å². The lowest BCUT2D eigenvalue weighted by atomic mass is 10.2. The summed E-state index contributed by atoms with van der Waals surface area (Å²) in [7, 11) is 0. The van der Waals surface area contributed by atoms with Crippen LogP contribution < -0.4 is 0 Å². The van der Waals surface area contributed by atoms with E-state index in [-0.39, 0.29) is 12.2 Å². The third-order valence-corrected chi connectivity index (χ3v) is 1.81. The molecule has 0 spiro atoms. The van der Waals surface area contributed by atoms with Gasteiger partial charge in [-0.05, 0) is 12.8 Å². The van der Waals surface area contributed by atoms with Crippen molar-refractivity contribution in [3.05, 3.63) is 0 Å². The third-order valence-electron chi connectivity index (χ3n) is 1.46. The minimum Gasteiger partial charge on any atom is -0.366 e. The van der Waals surface area contributed by atoms with Crippen molar-refractivity contribution < 1.29 is 9.53 Å². The monoisotopic (exact) mass is 148 g/mol. The van der Waals surface area contributed by atoms with E-state index >= 15 is 0 Å². The molecule has 3 heteroatoms. The van der Waals surface area contributed by atoms with Gasteiger partial charge in [-0.25, -0.2) is 0 Å². The number of carbonyl (C=O) groups is 1. The number of halogens is 1. The van der Waals surface area contributed by atoms with Gasteiger partial charge in [-0.15, -0.1) is 11.6 Å². The van der Waals surface area contributed by atoms with E-state index in [1.165, 1.54) is 0 Å². The second-order valence-corrected chi connectivity index (χ2v) is 2.47. The fraction of sp³-hybridized carbons (Fsp3) is 0.833. The second kappa shape index (κ2) is 3.18. The Morgan fingerprint density at radius 1 is 1.67 bits per heavy atom.